The first kappa shape index (κ1) is 21.2. The van der Waals surface area contributed by atoms with Gasteiger partial charge in [-0.15, -0.1) is 0 Å². The maximum Gasteiger partial charge on any atom is 0.257 e. The standard InChI is InChI=1S/C24H26ClN3O3/c1-16-5-3-8-21(23(16)30-2)24(29)28-11-9-17(15-28)22-14-19(26-27-22)10-12-31-20-7-4-6-18(25)13-20/h3-8,13-14,17H,9-12,15H2,1-2H3,(H,26,27)/t17-/m0/s1. The number of aryl methyl sites for hydroxylation is 1. The molecule has 0 aliphatic carbocycles. The quantitative estimate of drug-likeness (QED) is 0.582. The van der Waals surface area contributed by atoms with Crippen molar-refractivity contribution in [3.63, 3.8) is 0 Å². The van der Waals surface area contributed by atoms with E-state index in [1.165, 1.54) is 0 Å². The molecular formula is C24H26ClN3O3. The molecule has 0 unspecified atom stereocenters. The van der Waals surface area contributed by atoms with Crippen LogP contribution in [0.3, 0.4) is 0 Å². The molecule has 1 fully saturated rings. The van der Waals surface area contributed by atoms with Gasteiger partial charge in [0, 0.05) is 36.1 Å². The molecule has 1 aliphatic rings. The van der Waals surface area contributed by atoms with E-state index in [9.17, 15) is 4.79 Å². The number of para-hydroxylation sites is 1. The fourth-order valence-corrected chi connectivity index (χ4v) is 4.18. The van der Waals surface area contributed by atoms with Gasteiger partial charge in [-0.1, -0.05) is 29.8 Å². The first-order chi connectivity index (χ1) is 15.0. The van der Waals surface area contributed by atoms with Gasteiger partial charge in [-0.25, -0.2) is 0 Å². The van der Waals surface area contributed by atoms with Gasteiger partial charge in [0.1, 0.15) is 11.5 Å². The number of halogens is 1. The fourth-order valence-electron chi connectivity index (χ4n) is 4.00. The summed E-state index contributed by atoms with van der Waals surface area (Å²) in [5, 5.41) is 8.25. The summed E-state index contributed by atoms with van der Waals surface area (Å²) in [5.41, 5.74) is 3.58. The minimum Gasteiger partial charge on any atom is -0.496 e. The predicted octanol–water partition coefficient (Wildman–Crippen LogP) is 4.63. The van der Waals surface area contributed by atoms with Gasteiger partial charge in [-0.3, -0.25) is 9.89 Å². The highest BCUT2D eigenvalue weighted by Gasteiger charge is 2.30. The molecule has 1 atom stereocenters. The van der Waals surface area contributed by atoms with Gasteiger partial charge in [0.15, 0.2) is 0 Å². The van der Waals surface area contributed by atoms with E-state index in [1.54, 1.807) is 13.2 Å². The van der Waals surface area contributed by atoms with Crippen LogP contribution in [0.1, 0.15) is 39.6 Å². The van der Waals surface area contributed by atoms with Crippen molar-refractivity contribution in [2.24, 2.45) is 0 Å². The number of methoxy groups -OCH3 is 1. The molecule has 7 heteroatoms. The van der Waals surface area contributed by atoms with Crippen LogP contribution in [-0.2, 0) is 6.42 Å². The van der Waals surface area contributed by atoms with Crippen molar-refractivity contribution in [3.05, 3.63) is 76.1 Å². The Morgan fingerprint density at radius 2 is 2.10 bits per heavy atom. The van der Waals surface area contributed by atoms with E-state index in [0.29, 0.717) is 36.0 Å². The number of hydrogen-bond acceptors (Lipinski definition) is 4. The molecule has 1 amide bonds. The highest BCUT2D eigenvalue weighted by Crippen LogP contribution is 2.30. The molecule has 3 aromatic rings. The summed E-state index contributed by atoms with van der Waals surface area (Å²) in [7, 11) is 1.60. The lowest BCUT2D eigenvalue weighted by Gasteiger charge is -2.18. The summed E-state index contributed by atoms with van der Waals surface area (Å²) in [6.45, 7) is 3.84. The molecule has 0 radical (unpaired) electrons. The van der Waals surface area contributed by atoms with E-state index in [2.05, 4.69) is 16.3 Å². The molecule has 1 aromatic heterocycles. The van der Waals surface area contributed by atoms with Crippen molar-refractivity contribution >= 4 is 17.5 Å². The van der Waals surface area contributed by atoms with Crippen molar-refractivity contribution in [2.75, 3.05) is 26.8 Å². The maximum absolute atomic E-state index is 13.1. The van der Waals surface area contributed by atoms with Crippen LogP contribution in [0.2, 0.25) is 5.02 Å². The molecule has 162 valence electrons. The van der Waals surface area contributed by atoms with Crippen LogP contribution in [0.25, 0.3) is 0 Å². The Hall–Kier alpha value is -2.99. The Morgan fingerprint density at radius 3 is 2.90 bits per heavy atom. The minimum atomic E-state index is 0.00808. The van der Waals surface area contributed by atoms with Crippen LogP contribution in [-0.4, -0.2) is 47.8 Å². The van der Waals surface area contributed by atoms with Crippen molar-refractivity contribution in [1.82, 2.24) is 15.1 Å². The number of nitrogens with zero attached hydrogens (tertiary/aromatic N) is 2. The smallest absolute Gasteiger partial charge is 0.257 e. The molecular weight excluding hydrogens is 414 g/mol. The SMILES string of the molecule is COc1c(C)cccc1C(=O)N1CC[C@H](c2cc(CCOc3cccc(Cl)c3)[nH]n2)C1. The van der Waals surface area contributed by atoms with Crippen LogP contribution in [0.5, 0.6) is 11.5 Å². The Kier molecular flexibility index (Phi) is 6.47. The first-order valence-electron chi connectivity index (χ1n) is 10.4. The Bertz CT molecular complexity index is 1070. The third-order valence-corrected chi connectivity index (χ3v) is 5.86. The van der Waals surface area contributed by atoms with E-state index in [1.807, 2.05) is 48.2 Å². The molecule has 2 aromatic carbocycles. The number of carbonyl (C=O) groups is 1. The monoisotopic (exact) mass is 439 g/mol. The molecule has 0 bridgehead atoms. The number of ether oxygens (including phenoxy) is 2. The van der Waals surface area contributed by atoms with Crippen molar-refractivity contribution in [1.29, 1.82) is 0 Å². The Balaban J connectivity index is 1.34. The molecule has 31 heavy (non-hydrogen) atoms. The first-order valence-corrected chi connectivity index (χ1v) is 10.8. The molecule has 0 spiro atoms. The number of H-pyrrole nitrogens is 1. The number of benzene rings is 2. The minimum absolute atomic E-state index is 0.00808. The zero-order valence-corrected chi connectivity index (χ0v) is 18.5. The second kappa shape index (κ2) is 9.43. The highest BCUT2D eigenvalue weighted by atomic mass is 35.5. The van der Waals surface area contributed by atoms with E-state index in [0.717, 1.165) is 35.5 Å². The average molecular weight is 440 g/mol. The summed E-state index contributed by atoms with van der Waals surface area (Å²) < 4.78 is 11.2. The summed E-state index contributed by atoms with van der Waals surface area (Å²) >= 11 is 5.98. The van der Waals surface area contributed by atoms with E-state index >= 15 is 0 Å². The van der Waals surface area contributed by atoms with Gasteiger partial charge < -0.3 is 14.4 Å². The number of aromatic amines is 1. The second-order valence-electron chi connectivity index (χ2n) is 7.77. The molecule has 2 heterocycles. The Labute approximate surface area is 187 Å². The lowest BCUT2D eigenvalue weighted by atomic mass is 10.0. The van der Waals surface area contributed by atoms with E-state index < -0.39 is 0 Å². The predicted molar refractivity (Wildman–Crippen MR) is 120 cm³/mol. The van der Waals surface area contributed by atoms with Gasteiger partial charge >= 0.3 is 0 Å². The summed E-state index contributed by atoms with van der Waals surface area (Å²) in [6, 6.07) is 15.1. The zero-order chi connectivity index (χ0) is 21.8. The van der Waals surface area contributed by atoms with Gasteiger partial charge in [0.25, 0.3) is 5.91 Å². The molecule has 1 saturated heterocycles. The zero-order valence-electron chi connectivity index (χ0n) is 17.7. The van der Waals surface area contributed by atoms with Crippen molar-refractivity contribution in [2.45, 2.75) is 25.7 Å². The summed E-state index contributed by atoms with van der Waals surface area (Å²) in [4.78, 5) is 14.9. The third kappa shape index (κ3) is 4.85. The number of amides is 1. The number of nitrogens with one attached hydrogen (secondary N) is 1. The molecule has 4 rings (SSSR count). The number of hydrogen-bond donors (Lipinski definition) is 1. The number of carbonyl (C=O) groups excluding carboxylic acids is 1. The average Bonchev–Trinajstić information content (AvgIpc) is 3.43. The third-order valence-electron chi connectivity index (χ3n) is 5.63. The van der Waals surface area contributed by atoms with Crippen molar-refractivity contribution in [3.8, 4) is 11.5 Å². The molecule has 0 saturated carbocycles. The number of likely N-dealkylation sites (tertiary alicyclic amines) is 1. The highest BCUT2D eigenvalue weighted by molar-refractivity contribution is 6.30. The van der Waals surface area contributed by atoms with Gasteiger partial charge in [0.05, 0.1) is 25.0 Å². The topological polar surface area (TPSA) is 67.4 Å². The van der Waals surface area contributed by atoms with E-state index in [-0.39, 0.29) is 11.8 Å². The summed E-state index contributed by atoms with van der Waals surface area (Å²) in [6.07, 6.45) is 1.61. The van der Waals surface area contributed by atoms with Crippen LogP contribution in [0.15, 0.2) is 48.5 Å². The normalized spacial score (nSPS) is 15.8. The molecule has 1 aliphatic heterocycles. The molecule has 6 nitrogen and oxygen atoms in total. The number of aromatic nitrogens is 2. The van der Waals surface area contributed by atoms with Crippen LogP contribution < -0.4 is 9.47 Å². The van der Waals surface area contributed by atoms with Crippen LogP contribution in [0, 0.1) is 6.92 Å². The summed E-state index contributed by atoms with van der Waals surface area (Å²) in [5.74, 6) is 1.63. The van der Waals surface area contributed by atoms with Crippen LogP contribution in [0.4, 0.5) is 0 Å². The largest absolute Gasteiger partial charge is 0.496 e. The van der Waals surface area contributed by atoms with Crippen molar-refractivity contribution < 1.29 is 14.3 Å². The van der Waals surface area contributed by atoms with Crippen LogP contribution >= 0.6 is 11.6 Å². The van der Waals surface area contributed by atoms with Gasteiger partial charge in [0.2, 0.25) is 0 Å². The fraction of sp³-hybridized carbons (Fsp3) is 0.333. The second-order valence-corrected chi connectivity index (χ2v) is 8.20. The lowest BCUT2D eigenvalue weighted by molar-refractivity contribution is 0.0787. The lowest BCUT2D eigenvalue weighted by Crippen LogP contribution is -2.29. The maximum atomic E-state index is 13.1. The van der Waals surface area contributed by atoms with Gasteiger partial charge in [-0.2, -0.15) is 5.10 Å². The molecule has 1 N–H and O–H groups in total. The van der Waals surface area contributed by atoms with Gasteiger partial charge in [-0.05, 0) is 49.2 Å². The number of rotatable bonds is 7. The Morgan fingerprint density at radius 1 is 1.26 bits per heavy atom. The van der Waals surface area contributed by atoms with E-state index in [4.69, 9.17) is 21.1 Å².